The van der Waals surface area contributed by atoms with Crippen LogP contribution < -0.4 is 10.2 Å². The third kappa shape index (κ3) is 27.1. The summed E-state index contributed by atoms with van der Waals surface area (Å²) in [6, 6.07) is -0.817. The molecule has 3 unspecified atom stereocenters. The predicted octanol–water partition coefficient (Wildman–Crippen LogP) is 6.38. The minimum Gasteiger partial charge on any atom is -0.756 e. The Bertz CT molecular complexity index is 819. The van der Waals surface area contributed by atoms with Gasteiger partial charge in [-0.1, -0.05) is 88.1 Å². The van der Waals surface area contributed by atoms with Crippen molar-refractivity contribution in [2.45, 2.75) is 109 Å². The minimum atomic E-state index is -4.55. The smallest absolute Gasteiger partial charge is 0.268 e. The van der Waals surface area contributed by atoms with Crippen molar-refractivity contribution in [3.63, 3.8) is 0 Å². The largest absolute Gasteiger partial charge is 0.756 e. The average Bonchev–Trinajstić information content (AvgIpc) is 2.90. The lowest BCUT2D eigenvalue weighted by Crippen LogP contribution is -2.46. The Morgan fingerprint density at radius 2 is 1.49 bits per heavy atom. The molecule has 0 bridgehead atoms. The maximum atomic E-state index is 12.6. The van der Waals surface area contributed by atoms with E-state index in [9.17, 15) is 19.4 Å². The first kappa shape index (κ1) is 39.5. The summed E-state index contributed by atoms with van der Waals surface area (Å²) in [5.74, 6) is -0.219. The van der Waals surface area contributed by atoms with Crippen molar-refractivity contribution in [2.75, 3.05) is 40.9 Å². The number of likely N-dealkylation sites (N-methyl/N-ethyl adjacent to an activating group) is 1. The molecule has 0 aromatic heterocycles. The van der Waals surface area contributed by atoms with Gasteiger partial charge in [0.05, 0.1) is 39.9 Å². The lowest BCUT2D eigenvalue weighted by molar-refractivity contribution is -0.870. The van der Waals surface area contributed by atoms with Crippen molar-refractivity contribution in [1.82, 2.24) is 5.32 Å². The van der Waals surface area contributed by atoms with Crippen molar-refractivity contribution in [3.05, 3.63) is 48.6 Å². The van der Waals surface area contributed by atoms with Crippen LogP contribution in [0.15, 0.2) is 48.6 Å². The summed E-state index contributed by atoms with van der Waals surface area (Å²) in [5.41, 5.74) is 0. The number of rotatable bonds is 26. The van der Waals surface area contributed by atoms with E-state index < -0.39 is 20.0 Å². The second kappa shape index (κ2) is 25.0. The standard InChI is InChI=1S/C32H59N2O6P/c1-6-8-10-12-13-14-15-16-17-18-19-20-21-22-24-26-32(36)33-30(31(35)25-23-11-9-7-2)29-40-41(37,38)39-28-27-34(3,4)5/h8,10,13-14,16-17,19-20,30-31,35H,6-7,9,11-12,15,18,21-29H2,1-5H3,(H-,33,36,37,38)/b10-8-,14-13-,17-16-,20-19-. The summed E-state index contributed by atoms with van der Waals surface area (Å²) in [6.07, 6.45) is 27.4. The van der Waals surface area contributed by atoms with Gasteiger partial charge in [0.25, 0.3) is 7.82 Å². The molecule has 0 aliphatic carbocycles. The zero-order valence-electron chi connectivity index (χ0n) is 26.5. The van der Waals surface area contributed by atoms with Gasteiger partial charge in [0.15, 0.2) is 0 Å². The summed E-state index contributed by atoms with van der Waals surface area (Å²) >= 11 is 0. The molecule has 0 radical (unpaired) electrons. The second-order valence-corrected chi connectivity index (χ2v) is 12.8. The number of hydrogen-bond donors (Lipinski definition) is 2. The molecular weight excluding hydrogens is 539 g/mol. The van der Waals surface area contributed by atoms with Gasteiger partial charge in [0.2, 0.25) is 5.91 Å². The summed E-state index contributed by atoms with van der Waals surface area (Å²) in [7, 11) is 1.26. The van der Waals surface area contributed by atoms with Crippen molar-refractivity contribution >= 4 is 13.7 Å². The highest BCUT2D eigenvalue weighted by molar-refractivity contribution is 7.45. The van der Waals surface area contributed by atoms with Crippen molar-refractivity contribution in [1.29, 1.82) is 0 Å². The van der Waals surface area contributed by atoms with Crippen LogP contribution in [-0.4, -0.2) is 68.5 Å². The number of nitrogens with zero attached hydrogens (tertiary/aromatic N) is 1. The first-order valence-corrected chi connectivity index (χ1v) is 16.9. The van der Waals surface area contributed by atoms with Gasteiger partial charge in [-0.25, -0.2) is 0 Å². The lowest BCUT2D eigenvalue weighted by Gasteiger charge is -2.30. The third-order valence-electron chi connectivity index (χ3n) is 6.33. The van der Waals surface area contributed by atoms with Crippen molar-refractivity contribution in [3.8, 4) is 0 Å². The fourth-order valence-electron chi connectivity index (χ4n) is 3.79. The molecule has 1 amide bonds. The number of amides is 1. The topological polar surface area (TPSA) is 108 Å². The number of carbonyl (C=O) groups is 1. The van der Waals surface area contributed by atoms with Crippen LogP contribution in [-0.2, 0) is 18.4 Å². The van der Waals surface area contributed by atoms with E-state index in [1.54, 1.807) is 0 Å². The van der Waals surface area contributed by atoms with E-state index in [0.29, 0.717) is 30.3 Å². The Morgan fingerprint density at radius 3 is 2.07 bits per heavy atom. The molecule has 0 spiro atoms. The Balaban J connectivity index is 4.47. The zero-order valence-corrected chi connectivity index (χ0v) is 27.4. The fourth-order valence-corrected chi connectivity index (χ4v) is 4.51. The summed E-state index contributed by atoms with van der Waals surface area (Å²) < 4.78 is 22.8. The molecule has 0 aromatic carbocycles. The lowest BCUT2D eigenvalue weighted by atomic mass is 10.0. The highest BCUT2D eigenvalue weighted by atomic mass is 31.2. The number of hydrogen-bond acceptors (Lipinski definition) is 6. The Labute approximate surface area is 250 Å². The molecule has 9 heteroatoms. The van der Waals surface area contributed by atoms with Crippen LogP contribution in [0.25, 0.3) is 0 Å². The molecule has 41 heavy (non-hydrogen) atoms. The molecule has 0 saturated heterocycles. The van der Waals surface area contributed by atoms with Gasteiger partial charge in [-0.3, -0.25) is 9.36 Å². The van der Waals surface area contributed by atoms with Crippen LogP contribution in [0.4, 0.5) is 0 Å². The van der Waals surface area contributed by atoms with Gasteiger partial charge in [0.1, 0.15) is 13.2 Å². The number of nitrogens with one attached hydrogen (secondary N) is 1. The molecule has 0 heterocycles. The quantitative estimate of drug-likeness (QED) is 0.0518. The second-order valence-electron chi connectivity index (χ2n) is 11.4. The molecule has 0 aliphatic heterocycles. The number of aliphatic hydroxyl groups excluding tert-OH is 1. The maximum absolute atomic E-state index is 12.6. The first-order valence-electron chi connectivity index (χ1n) is 15.5. The molecule has 0 aliphatic rings. The van der Waals surface area contributed by atoms with E-state index in [1.165, 1.54) is 0 Å². The molecule has 8 nitrogen and oxygen atoms in total. The fraction of sp³-hybridized carbons (Fsp3) is 0.719. The van der Waals surface area contributed by atoms with Gasteiger partial charge in [-0.05, 0) is 51.4 Å². The molecule has 0 saturated carbocycles. The Hall–Kier alpha value is -1.54. The van der Waals surface area contributed by atoms with Crippen LogP contribution in [0.3, 0.4) is 0 Å². The van der Waals surface area contributed by atoms with Gasteiger partial charge in [-0.2, -0.15) is 0 Å². The van der Waals surface area contributed by atoms with Gasteiger partial charge < -0.3 is 28.8 Å². The van der Waals surface area contributed by atoms with Crippen molar-refractivity contribution < 1.29 is 32.9 Å². The van der Waals surface area contributed by atoms with Crippen LogP contribution >= 0.6 is 7.82 Å². The summed E-state index contributed by atoms with van der Waals surface area (Å²) in [6.45, 7) is 4.39. The number of unbranched alkanes of at least 4 members (excludes halogenated alkanes) is 5. The maximum Gasteiger partial charge on any atom is 0.268 e. The Kier molecular flexibility index (Phi) is 24.1. The highest BCUT2D eigenvalue weighted by Crippen LogP contribution is 2.38. The van der Waals surface area contributed by atoms with Crippen molar-refractivity contribution in [2.24, 2.45) is 0 Å². The third-order valence-corrected chi connectivity index (χ3v) is 7.30. The highest BCUT2D eigenvalue weighted by Gasteiger charge is 2.24. The average molecular weight is 599 g/mol. The van der Waals surface area contributed by atoms with E-state index in [-0.39, 0.29) is 19.1 Å². The predicted molar refractivity (Wildman–Crippen MR) is 168 cm³/mol. The first-order chi connectivity index (χ1) is 19.5. The normalized spacial score (nSPS) is 15.8. The van der Waals surface area contributed by atoms with E-state index in [0.717, 1.165) is 64.2 Å². The molecular formula is C32H59N2O6P. The molecule has 0 aromatic rings. The van der Waals surface area contributed by atoms with E-state index in [2.05, 4.69) is 67.8 Å². The Morgan fingerprint density at radius 1 is 0.878 bits per heavy atom. The van der Waals surface area contributed by atoms with Gasteiger partial charge >= 0.3 is 0 Å². The van der Waals surface area contributed by atoms with Crippen LogP contribution in [0.1, 0.15) is 97.3 Å². The molecule has 2 N–H and O–H groups in total. The van der Waals surface area contributed by atoms with E-state index in [1.807, 2.05) is 21.1 Å². The molecule has 238 valence electrons. The van der Waals surface area contributed by atoms with Crippen LogP contribution in [0.2, 0.25) is 0 Å². The number of phosphoric ester groups is 1. The SMILES string of the molecule is CC/C=C\C/C=C\C/C=C\C/C=C\CCCCC(=O)NC(COP(=O)([O-])OCC[N+](C)(C)C)C(O)CCCCCC. The number of quaternary nitrogens is 1. The zero-order chi connectivity index (χ0) is 30.8. The van der Waals surface area contributed by atoms with Crippen LogP contribution in [0.5, 0.6) is 0 Å². The van der Waals surface area contributed by atoms with E-state index in [4.69, 9.17) is 9.05 Å². The number of phosphoric acid groups is 1. The van der Waals surface area contributed by atoms with Gasteiger partial charge in [-0.15, -0.1) is 0 Å². The van der Waals surface area contributed by atoms with Gasteiger partial charge in [0, 0.05) is 6.42 Å². The molecule has 3 atom stereocenters. The molecule has 0 fully saturated rings. The monoisotopic (exact) mass is 598 g/mol. The van der Waals surface area contributed by atoms with Crippen LogP contribution in [0, 0.1) is 0 Å². The van der Waals surface area contributed by atoms with E-state index >= 15 is 0 Å². The number of aliphatic hydroxyl groups is 1. The number of carbonyl (C=O) groups excluding carboxylic acids is 1. The molecule has 0 rings (SSSR count). The minimum absolute atomic E-state index is 0.000151. The summed E-state index contributed by atoms with van der Waals surface area (Å²) in [4.78, 5) is 24.8. The summed E-state index contributed by atoms with van der Waals surface area (Å²) in [5, 5.41) is 13.5. The number of allylic oxidation sites excluding steroid dienone is 8.